The summed E-state index contributed by atoms with van der Waals surface area (Å²) in [5, 5.41) is 2.92. The number of amides is 1. The Bertz CT molecular complexity index is 659. The lowest BCUT2D eigenvalue weighted by atomic mass is 10.0. The molecule has 1 amide bonds. The molecule has 0 saturated carbocycles. The van der Waals surface area contributed by atoms with E-state index in [4.69, 9.17) is 0 Å². The number of nitrogens with one attached hydrogen (secondary N) is 3. The number of quaternary nitrogens is 1. The summed E-state index contributed by atoms with van der Waals surface area (Å²) in [5.74, 6) is -0.158. The van der Waals surface area contributed by atoms with Crippen molar-refractivity contribution in [3.8, 4) is 0 Å². The maximum Gasteiger partial charge on any atom is 0.251 e. The summed E-state index contributed by atoms with van der Waals surface area (Å²) in [6.07, 6.45) is 4.89. The number of likely N-dealkylation sites (tertiary alicyclic amines) is 1. The molecule has 0 bridgehead atoms. The van der Waals surface area contributed by atoms with Gasteiger partial charge in [0, 0.05) is 25.1 Å². The van der Waals surface area contributed by atoms with Crippen LogP contribution < -0.4 is 14.9 Å². The van der Waals surface area contributed by atoms with Crippen LogP contribution in [0.1, 0.15) is 49.9 Å². The van der Waals surface area contributed by atoms with Crippen molar-refractivity contribution in [1.82, 2.24) is 10.0 Å². The number of benzene rings is 1. The molecule has 1 aliphatic heterocycles. The Hall–Kier alpha value is -1.44. The van der Waals surface area contributed by atoms with Gasteiger partial charge in [-0.05, 0) is 50.5 Å². The minimum Gasteiger partial charge on any atom is -0.352 e. The van der Waals surface area contributed by atoms with E-state index in [0.29, 0.717) is 18.7 Å². The highest BCUT2D eigenvalue weighted by atomic mass is 32.2. The highest BCUT2D eigenvalue weighted by Gasteiger charge is 2.21. The Balaban J connectivity index is 1.79. The number of carbonyl (C=O) groups excluding carboxylic acids is 1. The van der Waals surface area contributed by atoms with Gasteiger partial charge in [-0.3, -0.25) is 4.79 Å². The number of hydrogen-bond acceptors (Lipinski definition) is 3. The van der Waals surface area contributed by atoms with E-state index in [-0.39, 0.29) is 10.8 Å². The highest BCUT2D eigenvalue weighted by molar-refractivity contribution is 7.89. The minimum atomic E-state index is -3.48. The molecular formula is C18H30N3O3S+. The summed E-state index contributed by atoms with van der Waals surface area (Å²) in [7, 11) is -3.48. The van der Waals surface area contributed by atoms with Gasteiger partial charge < -0.3 is 10.2 Å². The van der Waals surface area contributed by atoms with Gasteiger partial charge in [0.05, 0.1) is 24.0 Å². The molecular weight excluding hydrogens is 338 g/mol. The second-order valence-corrected chi connectivity index (χ2v) is 8.46. The molecule has 2 atom stereocenters. The first kappa shape index (κ1) is 19.9. The van der Waals surface area contributed by atoms with E-state index in [1.807, 2.05) is 0 Å². The van der Waals surface area contributed by atoms with Crippen LogP contribution in [0.3, 0.4) is 0 Å². The van der Waals surface area contributed by atoms with E-state index in [1.54, 1.807) is 24.0 Å². The molecule has 1 unspecified atom stereocenters. The number of carbonyl (C=O) groups is 1. The van der Waals surface area contributed by atoms with Crippen molar-refractivity contribution in [2.75, 3.05) is 26.2 Å². The quantitative estimate of drug-likeness (QED) is 0.587. The molecule has 0 radical (unpaired) electrons. The van der Waals surface area contributed by atoms with E-state index in [0.717, 1.165) is 19.0 Å². The third kappa shape index (κ3) is 5.80. The number of hydrogen-bond donors (Lipinski definition) is 3. The predicted molar refractivity (Wildman–Crippen MR) is 98.3 cm³/mol. The SMILES string of the molecule is CCNS(=O)(=O)c1ccc(C(=O)NCCC[NH+]2CCCC[C@@H]2C)cc1. The summed E-state index contributed by atoms with van der Waals surface area (Å²) < 4.78 is 26.2. The molecule has 1 saturated heterocycles. The van der Waals surface area contributed by atoms with Crippen LogP contribution in [0, 0.1) is 0 Å². The van der Waals surface area contributed by atoms with Crippen LogP contribution in [-0.2, 0) is 10.0 Å². The topological polar surface area (TPSA) is 79.7 Å². The van der Waals surface area contributed by atoms with Crippen LogP contribution in [-0.4, -0.2) is 46.5 Å². The summed E-state index contributed by atoms with van der Waals surface area (Å²) in [6, 6.07) is 6.75. The van der Waals surface area contributed by atoms with E-state index in [2.05, 4.69) is 17.0 Å². The largest absolute Gasteiger partial charge is 0.352 e. The fourth-order valence-corrected chi connectivity index (χ4v) is 4.34. The van der Waals surface area contributed by atoms with Crippen molar-refractivity contribution in [3.63, 3.8) is 0 Å². The zero-order valence-corrected chi connectivity index (χ0v) is 16.0. The Morgan fingerprint density at radius 3 is 2.60 bits per heavy atom. The predicted octanol–water partition coefficient (Wildman–Crippen LogP) is 0.562. The lowest BCUT2D eigenvalue weighted by molar-refractivity contribution is -0.928. The lowest BCUT2D eigenvalue weighted by Crippen LogP contribution is -3.16. The van der Waals surface area contributed by atoms with E-state index in [9.17, 15) is 13.2 Å². The maximum atomic E-state index is 12.2. The Kier molecular flexibility index (Phi) is 7.40. The molecule has 0 aromatic heterocycles. The third-order valence-corrected chi connectivity index (χ3v) is 6.36. The molecule has 0 spiro atoms. The molecule has 6 nitrogen and oxygen atoms in total. The second kappa shape index (κ2) is 9.31. The smallest absolute Gasteiger partial charge is 0.251 e. The molecule has 1 heterocycles. The molecule has 1 aromatic carbocycles. The van der Waals surface area contributed by atoms with Gasteiger partial charge in [-0.25, -0.2) is 13.1 Å². The zero-order valence-electron chi connectivity index (χ0n) is 15.2. The van der Waals surface area contributed by atoms with Gasteiger partial charge in [0.2, 0.25) is 10.0 Å². The fraction of sp³-hybridized carbons (Fsp3) is 0.611. The Morgan fingerprint density at radius 2 is 1.96 bits per heavy atom. The summed E-state index contributed by atoms with van der Waals surface area (Å²) in [5.41, 5.74) is 0.481. The molecule has 2 rings (SSSR count). The first-order valence-electron chi connectivity index (χ1n) is 9.16. The highest BCUT2D eigenvalue weighted by Crippen LogP contribution is 2.10. The number of piperidine rings is 1. The Labute approximate surface area is 151 Å². The van der Waals surface area contributed by atoms with Gasteiger partial charge in [-0.2, -0.15) is 0 Å². The Morgan fingerprint density at radius 1 is 1.24 bits per heavy atom. The number of rotatable bonds is 8. The van der Waals surface area contributed by atoms with Crippen molar-refractivity contribution in [2.45, 2.75) is 50.5 Å². The number of sulfonamides is 1. The van der Waals surface area contributed by atoms with Crippen molar-refractivity contribution in [3.05, 3.63) is 29.8 Å². The van der Waals surface area contributed by atoms with E-state index >= 15 is 0 Å². The first-order valence-corrected chi connectivity index (χ1v) is 10.6. The molecule has 0 aliphatic carbocycles. The molecule has 3 N–H and O–H groups in total. The average molecular weight is 369 g/mol. The summed E-state index contributed by atoms with van der Waals surface area (Å²) >= 11 is 0. The molecule has 7 heteroatoms. The maximum absolute atomic E-state index is 12.2. The van der Waals surface area contributed by atoms with Gasteiger partial charge in [0.25, 0.3) is 5.91 Å². The molecule has 1 aliphatic rings. The summed E-state index contributed by atoms with van der Waals surface area (Å²) in [4.78, 5) is 14.0. The van der Waals surface area contributed by atoms with Crippen LogP contribution in [0.25, 0.3) is 0 Å². The van der Waals surface area contributed by atoms with Crippen LogP contribution in [0.4, 0.5) is 0 Å². The normalized spacial score (nSPS) is 21.0. The first-order chi connectivity index (χ1) is 11.9. The van der Waals surface area contributed by atoms with Crippen molar-refractivity contribution < 1.29 is 18.1 Å². The van der Waals surface area contributed by atoms with Crippen LogP contribution in [0.5, 0.6) is 0 Å². The summed E-state index contributed by atoms with van der Waals surface area (Å²) in [6.45, 7) is 7.33. The zero-order chi connectivity index (χ0) is 18.3. The van der Waals surface area contributed by atoms with E-state index < -0.39 is 10.0 Å². The van der Waals surface area contributed by atoms with Gasteiger partial charge in [0.15, 0.2) is 0 Å². The molecule has 140 valence electrons. The van der Waals surface area contributed by atoms with Crippen molar-refractivity contribution in [2.24, 2.45) is 0 Å². The minimum absolute atomic E-state index is 0.158. The average Bonchev–Trinajstić information content (AvgIpc) is 2.60. The van der Waals surface area contributed by atoms with E-state index in [1.165, 1.54) is 37.9 Å². The van der Waals surface area contributed by atoms with Crippen LogP contribution >= 0.6 is 0 Å². The van der Waals surface area contributed by atoms with Gasteiger partial charge >= 0.3 is 0 Å². The standard InChI is InChI=1S/C18H29N3O3S/c1-3-20-25(23,24)17-10-8-16(9-11-17)18(22)19-12-6-14-21-13-5-4-7-15(21)2/h8-11,15,20H,3-7,12-14H2,1-2H3,(H,19,22)/p+1/t15-/m0/s1. The van der Waals surface area contributed by atoms with Gasteiger partial charge in [-0.15, -0.1) is 0 Å². The fourth-order valence-electron chi connectivity index (χ4n) is 3.30. The second-order valence-electron chi connectivity index (χ2n) is 6.69. The van der Waals surface area contributed by atoms with Crippen LogP contribution in [0.15, 0.2) is 29.2 Å². The lowest BCUT2D eigenvalue weighted by Gasteiger charge is -2.30. The van der Waals surface area contributed by atoms with Gasteiger partial charge in [0.1, 0.15) is 0 Å². The van der Waals surface area contributed by atoms with Crippen molar-refractivity contribution >= 4 is 15.9 Å². The monoisotopic (exact) mass is 368 g/mol. The molecule has 25 heavy (non-hydrogen) atoms. The molecule has 1 fully saturated rings. The third-order valence-electron chi connectivity index (χ3n) is 4.80. The van der Waals surface area contributed by atoms with Gasteiger partial charge in [-0.1, -0.05) is 6.92 Å². The molecule has 1 aromatic rings. The van der Waals surface area contributed by atoms with Crippen LogP contribution in [0.2, 0.25) is 0 Å². The van der Waals surface area contributed by atoms with Crippen molar-refractivity contribution in [1.29, 1.82) is 0 Å².